The number of likely N-dealkylation sites (N-methyl/N-ethyl adjacent to an activating group) is 1. The summed E-state index contributed by atoms with van der Waals surface area (Å²) in [5.41, 5.74) is 3.81. The molecule has 1 aliphatic carbocycles. The molecule has 118 valence electrons. The van der Waals surface area contributed by atoms with E-state index in [-0.39, 0.29) is 11.6 Å². The minimum atomic E-state index is -0.291. The Balaban J connectivity index is 2.19. The van der Waals surface area contributed by atoms with Crippen LogP contribution < -0.4 is 0 Å². The van der Waals surface area contributed by atoms with Crippen LogP contribution in [0.25, 0.3) is 0 Å². The van der Waals surface area contributed by atoms with Crippen LogP contribution in [-0.4, -0.2) is 35.7 Å². The molecule has 0 aliphatic heterocycles. The van der Waals surface area contributed by atoms with Gasteiger partial charge in [0.25, 0.3) is 0 Å². The lowest BCUT2D eigenvalue weighted by molar-refractivity contribution is -0.0382. The van der Waals surface area contributed by atoms with Gasteiger partial charge >= 0.3 is 0 Å². The third-order valence-electron chi connectivity index (χ3n) is 5.57. The fourth-order valence-corrected chi connectivity index (χ4v) is 3.76. The van der Waals surface area contributed by atoms with E-state index in [1.165, 1.54) is 29.5 Å². The lowest BCUT2D eigenvalue weighted by atomic mass is 9.71. The summed E-state index contributed by atoms with van der Waals surface area (Å²) >= 11 is 0. The lowest BCUT2D eigenvalue weighted by Crippen LogP contribution is -2.56. The zero-order valence-corrected chi connectivity index (χ0v) is 14.3. The molecule has 2 rings (SSSR count). The first-order valence-corrected chi connectivity index (χ1v) is 8.27. The highest BCUT2D eigenvalue weighted by Crippen LogP contribution is 2.38. The normalized spacial score (nSPS) is 27.9. The van der Waals surface area contributed by atoms with Gasteiger partial charge in [0.1, 0.15) is 0 Å². The molecule has 0 bridgehead atoms. The summed E-state index contributed by atoms with van der Waals surface area (Å²) in [6, 6.07) is 6.55. The SMILES string of the molecule is Cc1ccc(C)c(CC(O)C2(N(C)C)CCC(C)CC2)c1. The molecule has 0 heterocycles. The van der Waals surface area contributed by atoms with Crippen LogP contribution in [0.4, 0.5) is 0 Å². The standard InChI is InChI=1S/C19H31NO/c1-14-8-10-19(11-9-14,20(4)5)18(21)13-17-12-15(2)6-7-16(17)3/h6-7,12,14,18,21H,8-11,13H2,1-5H3. The second kappa shape index (κ2) is 6.50. The van der Waals surface area contributed by atoms with E-state index in [1.54, 1.807) is 0 Å². The first kappa shape index (κ1) is 16.5. The van der Waals surface area contributed by atoms with Crippen LogP contribution >= 0.6 is 0 Å². The van der Waals surface area contributed by atoms with Crippen molar-refractivity contribution in [2.75, 3.05) is 14.1 Å². The molecule has 1 aliphatic rings. The molecule has 1 atom stereocenters. The van der Waals surface area contributed by atoms with Crippen LogP contribution in [0.15, 0.2) is 18.2 Å². The van der Waals surface area contributed by atoms with Crippen molar-refractivity contribution in [3.8, 4) is 0 Å². The molecule has 0 amide bonds. The third kappa shape index (κ3) is 3.49. The molecule has 0 spiro atoms. The Bertz CT molecular complexity index is 472. The molecular weight excluding hydrogens is 258 g/mol. The van der Waals surface area contributed by atoms with Crippen LogP contribution in [0.5, 0.6) is 0 Å². The smallest absolute Gasteiger partial charge is 0.0763 e. The maximum Gasteiger partial charge on any atom is 0.0763 e. The Kier molecular flexibility index (Phi) is 5.11. The number of aryl methyl sites for hydroxylation is 2. The molecule has 1 fully saturated rings. The van der Waals surface area contributed by atoms with Crippen LogP contribution in [0.1, 0.15) is 49.3 Å². The third-order valence-corrected chi connectivity index (χ3v) is 5.57. The summed E-state index contributed by atoms with van der Waals surface area (Å²) in [4.78, 5) is 2.27. The Morgan fingerprint density at radius 2 is 1.86 bits per heavy atom. The van der Waals surface area contributed by atoms with Crippen molar-refractivity contribution in [1.29, 1.82) is 0 Å². The topological polar surface area (TPSA) is 23.5 Å². The molecule has 1 saturated carbocycles. The van der Waals surface area contributed by atoms with Crippen molar-refractivity contribution in [3.05, 3.63) is 34.9 Å². The van der Waals surface area contributed by atoms with Crippen molar-refractivity contribution in [2.24, 2.45) is 5.92 Å². The minimum Gasteiger partial charge on any atom is -0.391 e. The fourth-order valence-electron chi connectivity index (χ4n) is 3.76. The zero-order chi connectivity index (χ0) is 15.6. The number of hydrogen-bond acceptors (Lipinski definition) is 2. The van der Waals surface area contributed by atoms with E-state index >= 15 is 0 Å². The van der Waals surface area contributed by atoms with E-state index in [4.69, 9.17) is 0 Å². The Labute approximate surface area is 130 Å². The molecule has 1 N–H and O–H groups in total. The number of hydrogen-bond donors (Lipinski definition) is 1. The molecule has 0 saturated heterocycles. The van der Waals surface area contributed by atoms with E-state index in [2.05, 4.69) is 58.0 Å². The summed E-state index contributed by atoms with van der Waals surface area (Å²) < 4.78 is 0. The number of rotatable bonds is 4. The molecule has 21 heavy (non-hydrogen) atoms. The molecule has 1 aromatic carbocycles. The highest BCUT2D eigenvalue weighted by Gasteiger charge is 2.42. The lowest BCUT2D eigenvalue weighted by Gasteiger charge is -2.48. The van der Waals surface area contributed by atoms with Gasteiger partial charge in [-0.1, -0.05) is 30.7 Å². The second-order valence-corrected chi connectivity index (χ2v) is 7.33. The largest absolute Gasteiger partial charge is 0.391 e. The van der Waals surface area contributed by atoms with Crippen molar-refractivity contribution < 1.29 is 5.11 Å². The van der Waals surface area contributed by atoms with Crippen LogP contribution in [-0.2, 0) is 6.42 Å². The van der Waals surface area contributed by atoms with Gasteiger partial charge in [0.2, 0.25) is 0 Å². The average Bonchev–Trinajstić information content (AvgIpc) is 2.43. The van der Waals surface area contributed by atoms with E-state index in [0.717, 1.165) is 25.2 Å². The number of aliphatic hydroxyl groups excluding tert-OH is 1. The molecule has 2 nitrogen and oxygen atoms in total. The van der Waals surface area contributed by atoms with Gasteiger partial charge in [-0.15, -0.1) is 0 Å². The highest BCUT2D eigenvalue weighted by atomic mass is 16.3. The summed E-state index contributed by atoms with van der Waals surface area (Å²) in [7, 11) is 4.25. The van der Waals surface area contributed by atoms with Gasteiger partial charge in [0.05, 0.1) is 6.10 Å². The first-order chi connectivity index (χ1) is 9.85. The van der Waals surface area contributed by atoms with E-state index in [9.17, 15) is 5.11 Å². The minimum absolute atomic E-state index is 0.0529. The quantitative estimate of drug-likeness (QED) is 0.913. The molecule has 2 heteroatoms. The highest BCUT2D eigenvalue weighted by molar-refractivity contribution is 5.31. The molecular formula is C19H31NO. The van der Waals surface area contributed by atoms with Crippen molar-refractivity contribution in [1.82, 2.24) is 4.90 Å². The van der Waals surface area contributed by atoms with Gasteiger partial charge in [-0.05, 0) is 70.7 Å². The Morgan fingerprint density at radius 1 is 1.24 bits per heavy atom. The van der Waals surface area contributed by atoms with Crippen molar-refractivity contribution in [2.45, 2.75) is 64.5 Å². The van der Waals surface area contributed by atoms with Crippen LogP contribution in [0.3, 0.4) is 0 Å². The zero-order valence-electron chi connectivity index (χ0n) is 14.3. The van der Waals surface area contributed by atoms with Crippen molar-refractivity contribution in [3.63, 3.8) is 0 Å². The van der Waals surface area contributed by atoms with E-state index in [1.807, 2.05) is 0 Å². The van der Waals surface area contributed by atoms with Gasteiger partial charge < -0.3 is 10.0 Å². The van der Waals surface area contributed by atoms with Gasteiger partial charge in [-0.2, -0.15) is 0 Å². The molecule has 1 aromatic rings. The monoisotopic (exact) mass is 289 g/mol. The van der Waals surface area contributed by atoms with Gasteiger partial charge in [-0.25, -0.2) is 0 Å². The predicted octanol–water partition coefficient (Wildman–Crippen LogP) is 3.72. The Morgan fingerprint density at radius 3 is 2.43 bits per heavy atom. The van der Waals surface area contributed by atoms with E-state index < -0.39 is 0 Å². The van der Waals surface area contributed by atoms with Gasteiger partial charge in [0, 0.05) is 12.0 Å². The van der Waals surface area contributed by atoms with Gasteiger partial charge in [0.15, 0.2) is 0 Å². The summed E-state index contributed by atoms with van der Waals surface area (Å²) in [6.07, 6.45) is 5.13. The van der Waals surface area contributed by atoms with Crippen LogP contribution in [0.2, 0.25) is 0 Å². The Hall–Kier alpha value is -0.860. The first-order valence-electron chi connectivity index (χ1n) is 8.27. The average molecular weight is 289 g/mol. The maximum atomic E-state index is 11.0. The molecule has 0 aromatic heterocycles. The fraction of sp³-hybridized carbons (Fsp3) is 0.684. The summed E-state index contributed by atoms with van der Waals surface area (Å²) in [6.45, 7) is 6.60. The summed E-state index contributed by atoms with van der Waals surface area (Å²) in [5.74, 6) is 0.797. The number of benzene rings is 1. The second-order valence-electron chi connectivity index (χ2n) is 7.33. The van der Waals surface area contributed by atoms with Crippen molar-refractivity contribution >= 4 is 0 Å². The number of aliphatic hydroxyl groups is 1. The number of nitrogens with zero attached hydrogens (tertiary/aromatic N) is 1. The van der Waals surface area contributed by atoms with Crippen LogP contribution in [0, 0.1) is 19.8 Å². The van der Waals surface area contributed by atoms with E-state index in [0.29, 0.717) is 0 Å². The maximum absolute atomic E-state index is 11.0. The molecule has 1 unspecified atom stereocenters. The molecule has 0 radical (unpaired) electrons. The predicted molar refractivity (Wildman–Crippen MR) is 89.7 cm³/mol. The van der Waals surface area contributed by atoms with Gasteiger partial charge in [-0.3, -0.25) is 0 Å². The summed E-state index contributed by atoms with van der Waals surface area (Å²) in [5, 5.41) is 11.0.